The molecule has 0 spiro atoms. The zero-order valence-electron chi connectivity index (χ0n) is 20.4. The van der Waals surface area contributed by atoms with Gasteiger partial charge >= 0.3 is 5.97 Å². The standard InChI is InChI=1S/C22H38N4O6/c1-9-31-19-16(12(3)4)25-21(30)22(8,26-19)11-15(27)23-14(7)18(28)24-17(13(5)6)20(29)32-10-2/h12-14,16-17H,9-11H2,1-8H3,(H,23,27)(H,24,28)(H,25,30)/t14-,16+,17+,22-/m1/s1. The number of esters is 1. The molecule has 3 N–H and O–H groups in total. The fourth-order valence-electron chi connectivity index (χ4n) is 3.24. The molecule has 3 amide bonds. The van der Waals surface area contributed by atoms with E-state index < -0.39 is 35.4 Å². The second-order valence-electron chi connectivity index (χ2n) is 8.80. The number of hydrogen-bond acceptors (Lipinski definition) is 7. The molecule has 182 valence electrons. The highest BCUT2D eigenvalue weighted by molar-refractivity contribution is 6.01. The van der Waals surface area contributed by atoms with Gasteiger partial charge in [0.1, 0.15) is 23.7 Å². The van der Waals surface area contributed by atoms with E-state index >= 15 is 0 Å². The van der Waals surface area contributed by atoms with E-state index in [0.29, 0.717) is 12.5 Å². The molecule has 1 aliphatic rings. The maximum absolute atomic E-state index is 12.7. The van der Waals surface area contributed by atoms with E-state index in [2.05, 4.69) is 20.9 Å². The second kappa shape index (κ2) is 11.8. The first-order chi connectivity index (χ1) is 14.9. The van der Waals surface area contributed by atoms with Crippen LogP contribution in [0.2, 0.25) is 0 Å². The van der Waals surface area contributed by atoms with Crippen molar-refractivity contribution in [2.75, 3.05) is 13.2 Å². The van der Waals surface area contributed by atoms with Crippen molar-refractivity contribution in [3.05, 3.63) is 0 Å². The Morgan fingerprint density at radius 1 is 1.09 bits per heavy atom. The lowest BCUT2D eigenvalue weighted by Crippen LogP contribution is -2.59. The van der Waals surface area contributed by atoms with Crippen LogP contribution in [0.5, 0.6) is 0 Å². The first-order valence-corrected chi connectivity index (χ1v) is 11.2. The van der Waals surface area contributed by atoms with Gasteiger partial charge in [-0.1, -0.05) is 27.7 Å². The summed E-state index contributed by atoms with van der Waals surface area (Å²) in [5.74, 6) is -1.69. The van der Waals surface area contributed by atoms with Crippen LogP contribution in [0.15, 0.2) is 4.99 Å². The van der Waals surface area contributed by atoms with Gasteiger partial charge in [-0.3, -0.25) is 14.4 Å². The average Bonchev–Trinajstić information content (AvgIpc) is 2.68. The number of carbonyl (C=O) groups excluding carboxylic acids is 4. The van der Waals surface area contributed by atoms with Crippen LogP contribution >= 0.6 is 0 Å². The highest BCUT2D eigenvalue weighted by atomic mass is 16.5. The lowest BCUT2D eigenvalue weighted by atomic mass is 9.91. The summed E-state index contributed by atoms with van der Waals surface area (Å²) >= 11 is 0. The zero-order chi connectivity index (χ0) is 24.6. The summed E-state index contributed by atoms with van der Waals surface area (Å²) in [5, 5.41) is 8.07. The van der Waals surface area contributed by atoms with E-state index in [1.165, 1.54) is 6.92 Å². The molecule has 1 heterocycles. The fraction of sp³-hybridized carbons (Fsp3) is 0.773. The Morgan fingerprint density at radius 3 is 2.22 bits per heavy atom. The van der Waals surface area contributed by atoms with Crippen molar-refractivity contribution in [2.24, 2.45) is 16.8 Å². The molecular formula is C22H38N4O6. The smallest absolute Gasteiger partial charge is 0.328 e. The maximum atomic E-state index is 12.7. The average molecular weight is 455 g/mol. The van der Waals surface area contributed by atoms with Gasteiger partial charge in [0.05, 0.1) is 19.6 Å². The Balaban J connectivity index is 2.85. The van der Waals surface area contributed by atoms with Crippen LogP contribution < -0.4 is 16.0 Å². The van der Waals surface area contributed by atoms with Crippen LogP contribution in [0.25, 0.3) is 0 Å². The monoisotopic (exact) mass is 454 g/mol. The van der Waals surface area contributed by atoms with E-state index in [9.17, 15) is 19.2 Å². The third-order valence-corrected chi connectivity index (χ3v) is 5.14. The topological polar surface area (TPSA) is 135 Å². The van der Waals surface area contributed by atoms with Crippen molar-refractivity contribution in [1.29, 1.82) is 0 Å². The van der Waals surface area contributed by atoms with Gasteiger partial charge in [-0.15, -0.1) is 0 Å². The first-order valence-electron chi connectivity index (χ1n) is 11.2. The highest BCUT2D eigenvalue weighted by Gasteiger charge is 2.43. The van der Waals surface area contributed by atoms with Gasteiger partial charge in [-0.25, -0.2) is 9.79 Å². The Morgan fingerprint density at radius 2 is 1.72 bits per heavy atom. The minimum atomic E-state index is -1.36. The van der Waals surface area contributed by atoms with Crippen molar-refractivity contribution in [2.45, 2.75) is 85.5 Å². The van der Waals surface area contributed by atoms with Gasteiger partial charge in [0, 0.05) is 0 Å². The summed E-state index contributed by atoms with van der Waals surface area (Å²) < 4.78 is 10.6. The van der Waals surface area contributed by atoms with E-state index in [1.807, 2.05) is 20.8 Å². The van der Waals surface area contributed by atoms with E-state index in [4.69, 9.17) is 9.47 Å². The van der Waals surface area contributed by atoms with Gasteiger partial charge in [0.25, 0.3) is 0 Å². The molecule has 0 aromatic carbocycles. The van der Waals surface area contributed by atoms with Crippen molar-refractivity contribution in [1.82, 2.24) is 16.0 Å². The summed E-state index contributed by atoms with van der Waals surface area (Å²) in [6.45, 7) is 14.6. The van der Waals surface area contributed by atoms with E-state index in [1.54, 1.807) is 27.7 Å². The van der Waals surface area contributed by atoms with Crippen LogP contribution in [0.4, 0.5) is 0 Å². The summed E-state index contributed by atoms with van der Waals surface area (Å²) in [5.41, 5.74) is -1.36. The number of hydrogen-bond donors (Lipinski definition) is 3. The molecule has 0 saturated heterocycles. The molecule has 10 nitrogen and oxygen atoms in total. The quantitative estimate of drug-likeness (QED) is 0.420. The number of ether oxygens (including phenoxy) is 2. The van der Waals surface area contributed by atoms with Crippen LogP contribution in [0.3, 0.4) is 0 Å². The summed E-state index contributed by atoms with van der Waals surface area (Å²) in [6.07, 6.45) is -0.261. The minimum Gasteiger partial charge on any atom is -0.480 e. The SMILES string of the molecule is CCOC(=O)[C@@H](NC(=O)[C@@H](C)NC(=O)C[C@@]1(C)N=C(OCC)[C@H](C(C)C)NC1=O)C(C)C. The third kappa shape index (κ3) is 7.20. The summed E-state index contributed by atoms with van der Waals surface area (Å²) in [6, 6.07) is -2.11. The second-order valence-corrected chi connectivity index (χ2v) is 8.80. The van der Waals surface area contributed by atoms with E-state index in [-0.39, 0.29) is 36.8 Å². The minimum absolute atomic E-state index is 0.0691. The lowest BCUT2D eigenvalue weighted by molar-refractivity contribution is -0.149. The number of rotatable bonds is 10. The van der Waals surface area contributed by atoms with Crippen molar-refractivity contribution < 1.29 is 28.7 Å². The van der Waals surface area contributed by atoms with Crippen LogP contribution in [0.1, 0.15) is 61.8 Å². The molecule has 0 saturated carbocycles. The van der Waals surface area contributed by atoms with Gasteiger partial charge in [-0.05, 0) is 39.5 Å². The number of nitrogens with one attached hydrogen (secondary N) is 3. The molecule has 0 bridgehead atoms. The first kappa shape index (κ1) is 27.4. The van der Waals surface area contributed by atoms with Crippen LogP contribution in [-0.4, -0.2) is 66.5 Å². The number of amides is 3. The number of aliphatic imine (C=N–C) groups is 1. The Labute approximate surface area is 190 Å². The predicted octanol–water partition coefficient (Wildman–Crippen LogP) is 0.933. The molecule has 0 aromatic heterocycles. The molecule has 0 fully saturated rings. The molecule has 1 aliphatic heterocycles. The molecular weight excluding hydrogens is 416 g/mol. The molecule has 0 aliphatic carbocycles. The largest absolute Gasteiger partial charge is 0.480 e. The van der Waals surface area contributed by atoms with Gasteiger partial charge in [0.2, 0.25) is 23.6 Å². The van der Waals surface area contributed by atoms with Gasteiger partial charge < -0.3 is 25.4 Å². The Hall–Kier alpha value is -2.65. The Bertz CT molecular complexity index is 736. The van der Waals surface area contributed by atoms with Gasteiger partial charge in [-0.2, -0.15) is 0 Å². The van der Waals surface area contributed by atoms with Gasteiger partial charge in [0.15, 0.2) is 0 Å². The summed E-state index contributed by atoms with van der Waals surface area (Å²) in [4.78, 5) is 54.4. The number of nitrogens with zero attached hydrogens (tertiary/aromatic N) is 1. The molecule has 0 radical (unpaired) electrons. The van der Waals surface area contributed by atoms with E-state index in [0.717, 1.165) is 0 Å². The molecule has 1 rings (SSSR count). The van der Waals surface area contributed by atoms with Crippen molar-refractivity contribution in [3.8, 4) is 0 Å². The van der Waals surface area contributed by atoms with Crippen LogP contribution in [-0.2, 0) is 28.7 Å². The van der Waals surface area contributed by atoms with Crippen LogP contribution in [0, 0.1) is 11.8 Å². The van der Waals surface area contributed by atoms with Crippen molar-refractivity contribution >= 4 is 29.6 Å². The highest BCUT2D eigenvalue weighted by Crippen LogP contribution is 2.24. The lowest BCUT2D eigenvalue weighted by Gasteiger charge is -2.35. The third-order valence-electron chi connectivity index (χ3n) is 5.14. The van der Waals surface area contributed by atoms with Crippen molar-refractivity contribution in [3.63, 3.8) is 0 Å². The Kier molecular flexibility index (Phi) is 10.1. The fourth-order valence-corrected chi connectivity index (χ4v) is 3.24. The molecule has 32 heavy (non-hydrogen) atoms. The molecule has 10 heteroatoms. The molecule has 4 atom stereocenters. The summed E-state index contributed by atoms with van der Waals surface area (Å²) in [7, 11) is 0. The normalized spacial score (nSPS) is 22.5. The predicted molar refractivity (Wildman–Crippen MR) is 120 cm³/mol. The number of carbonyl (C=O) groups is 4. The zero-order valence-corrected chi connectivity index (χ0v) is 20.4. The molecule has 0 unspecified atom stereocenters. The molecule has 0 aromatic rings. The maximum Gasteiger partial charge on any atom is 0.328 e.